The molecular formula is C15H24N2OS. The molecule has 0 amide bonds. The van der Waals surface area contributed by atoms with Crippen LogP contribution in [0.15, 0.2) is 0 Å². The van der Waals surface area contributed by atoms with Gasteiger partial charge in [-0.25, -0.2) is 4.98 Å². The molecule has 1 aliphatic rings. The topological polar surface area (TPSA) is 37.9 Å². The van der Waals surface area contributed by atoms with Crippen LogP contribution in [0.5, 0.6) is 0 Å². The standard InChI is InChI=1S/C15H24N2OS/c1-5-18-15(8-6-10(2)7-9-15)14-16-12(4)11(3)13(19)17-14/h10H,5-9H2,1-4H3,(H,16,17,19). The second kappa shape index (κ2) is 5.71. The van der Waals surface area contributed by atoms with Crippen LogP contribution in [0.3, 0.4) is 0 Å². The summed E-state index contributed by atoms with van der Waals surface area (Å²) >= 11 is 5.37. The first-order valence-electron chi connectivity index (χ1n) is 7.20. The van der Waals surface area contributed by atoms with E-state index in [0.717, 1.165) is 35.8 Å². The van der Waals surface area contributed by atoms with Crippen LogP contribution in [0.2, 0.25) is 0 Å². The van der Waals surface area contributed by atoms with Crippen molar-refractivity contribution in [3.8, 4) is 0 Å². The monoisotopic (exact) mass is 280 g/mol. The van der Waals surface area contributed by atoms with E-state index in [-0.39, 0.29) is 5.60 Å². The molecule has 0 atom stereocenters. The van der Waals surface area contributed by atoms with Gasteiger partial charge in [-0.05, 0) is 52.4 Å². The molecule has 1 fully saturated rings. The van der Waals surface area contributed by atoms with E-state index in [4.69, 9.17) is 17.0 Å². The Hall–Kier alpha value is -0.740. The van der Waals surface area contributed by atoms with Gasteiger partial charge in [0.1, 0.15) is 16.1 Å². The van der Waals surface area contributed by atoms with Gasteiger partial charge in [-0.15, -0.1) is 0 Å². The van der Waals surface area contributed by atoms with Crippen LogP contribution in [-0.2, 0) is 10.3 Å². The molecule has 0 aliphatic heterocycles. The number of nitrogens with one attached hydrogen (secondary N) is 1. The van der Waals surface area contributed by atoms with Crippen molar-refractivity contribution in [3.63, 3.8) is 0 Å². The fourth-order valence-electron chi connectivity index (χ4n) is 2.82. The summed E-state index contributed by atoms with van der Waals surface area (Å²) in [5.74, 6) is 1.71. The van der Waals surface area contributed by atoms with Crippen molar-refractivity contribution < 1.29 is 4.74 Å². The number of aryl methyl sites for hydroxylation is 1. The quantitative estimate of drug-likeness (QED) is 0.843. The van der Waals surface area contributed by atoms with E-state index in [0.29, 0.717) is 11.2 Å². The van der Waals surface area contributed by atoms with Gasteiger partial charge in [0.15, 0.2) is 0 Å². The number of ether oxygens (including phenoxy) is 1. The lowest BCUT2D eigenvalue weighted by atomic mass is 9.78. The van der Waals surface area contributed by atoms with Crippen LogP contribution in [-0.4, -0.2) is 16.6 Å². The highest BCUT2D eigenvalue weighted by Gasteiger charge is 2.38. The summed E-state index contributed by atoms with van der Waals surface area (Å²) in [6.07, 6.45) is 4.44. The van der Waals surface area contributed by atoms with Gasteiger partial charge in [-0.3, -0.25) is 0 Å². The summed E-state index contributed by atoms with van der Waals surface area (Å²) in [6, 6.07) is 0. The van der Waals surface area contributed by atoms with E-state index in [9.17, 15) is 0 Å². The second-order valence-electron chi connectivity index (χ2n) is 5.75. The van der Waals surface area contributed by atoms with Crippen molar-refractivity contribution >= 4 is 12.2 Å². The Morgan fingerprint density at radius 1 is 1.37 bits per heavy atom. The minimum atomic E-state index is -0.257. The predicted octanol–water partition coefficient (Wildman–Crippen LogP) is 4.20. The van der Waals surface area contributed by atoms with E-state index in [2.05, 4.69) is 30.7 Å². The fourth-order valence-corrected chi connectivity index (χ4v) is 3.06. The third-order valence-corrected chi connectivity index (χ3v) is 4.73. The first-order chi connectivity index (χ1) is 8.98. The Morgan fingerprint density at radius 3 is 2.53 bits per heavy atom. The fraction of sp³-hybridized carbons (Fsp3) is 0.733. The van der Waals surface area contributed by atoms with E-state index >= 15 is 0 Å². The van der Waals surface area contributed by atoms with Gasteiger partial charge >= 0.3 is 0 Å². The molecule has 1 N–H and O–H groups in total. The number of aromatic nitrogens is 2. The maximum absolute atomic E-state index is 6.11. The smallest absolute Gasteiger partial charge is 0.140 e. The van der Waals surface area contributed by atoms with Crippen molar-refractivity contribution in [2.75, 3.05) is 6.61 Å². The lowest BCUT2D eigenvalue weighted by Crippen LogP contribution is -2.36. The minimum Gasteiger partial charge on any atom is -0.367 e. The number of aromatic amines is 1. The second-order valence-corrected chi connectivity index (χ2v) is 6.14. The Labute approximate surface area is 120 Å². The SMILES string of the molecule is CCOC1(c2nc(=S)c(C)c(C)[nH]2)CCC(C)CC1. The van der Waals surface area contributed by atoms with Gasteiger partial charge in [0.25, 0.3) is 0 Å². The number of H-pyrrole nitrogens is 1. The van der Waals surface area contributed by atoms with Gasteiger partial charge in [-0.1, -0.05) is 19.1 Å². The molecule has 1 aliphatic carbocycles. The molecule has 1 aromatic heterocycles. The molecular weight excluding hydrogens is 256 g/mol. The molecule has 2 rings (SSSR count). The highest BCUT2D eigenvalue weighted by atomic mass is 32.1. The first kappa shape index (κ1) is 14.7. The van der Waals surface area contributed by atoms with Crippen molar-refractivity contribution in [3.05, 3.63) is 21.7 Å². The molecule has 106 valence electrons. The zero-order chi connectivity index (χ0) is 14.0. The highest BCUT2D eigenvalue weighted by molar-refractivity contribution is 7.71. The molecule has 19 heavy (non-hydrogen) atoms. The normalized spacial score (nSPS) is 27.5. The van der Waals surface area contributed by atoms with Gasteiger partial charge in [0.05, 0.1) is 0 Å². The average Bonchev–Trinajstić information content (AvgIpc) is 2.38. The van der Waals surface area contributed by atoms with Gasteiger partial charge in [0, 0.05) is 17.9 Å². The summed E-state index contributed by atoms with van der Waals surface area (Å²) < 4.78 is 6.81. The van der Waals surface area contributed by atoms with Crippen LogP contribution < -0.4 is 0 Å². The molecule has 0 aromatic carbocycles. The molecule has 0 bridgehead atoms. The molecule has 1 saturated carbocycles. The van der Waals surface area contributed by atoms with Gasteiger partial charge in [-0.2, -0.15) is 0 Å². The third kappa shape index (κ3) is 2.90. The van der Waals surface area contributed by atoms with Crippen molar-refractivity contribution in [1.29, 1.82) is 0 Å². The maximum Gasteiger partial charge on any atom is 0.140 e. The number of nitrogens with zero attached hydrogens (tertiary/aromatic N) is 1. The molecule has 0 spiro atoms. The van der Waals surface area contributed by atoms with Crippen molar-refractivity contribution in [2.24, 2.45) is 5.92 Å². The summed E-state index contributed by atoms with van der Waals surface area (Å²) in [6.45, 7) is 9.15. The zero-order valence-electron chi connectivity index (χ0n) is 12.4. The Kier molecular flexibility index (Phi) is 4.41. The average molecular weight is 280 g/mol. The lowest BCUT2D eigenvalue weighted by molar-refractivity contribution is -0.0838. The summed E-state index contributed by atoms with van der Waals surface area (Å²) in [4.78, 5) is 8.03. The van der Waals surface area contributed by atoms with Crippen LogP contribution in [0.1, 0.15) is 56.6 Å². The Bertz CT molecular complexity index is 501. The molecule has 4 heteroatoms. The summed E-state index contributed by atoms with van der Waals surface area (Å²) in [5, 5.41) is 0. The Balaban J connectivity index is 2.42. The lowest BCUT2D eigenvalue weighted by Gasteiger charge is -2.38. The van der Waals surface area contributed by atoms with E-state index < -0.39 is 0 Å². The van der Waals surface area contributed by atoms with E-state index in [1.807, 2.05) is 6.92 Å². The minimum absolute atomic E-state index is 0.257. The van der Waals surface area contributed by atoms with E-state index in [1.54, 1.807) is 0 Å². The highest BCUT2D eigenvalue weighted by Crippen LogP contribution is 2.41. The maximum atomic E-state index is 6.11. The largest absolute Gasteiger partial charge is 0.367 e. The van der Waals surface area contributed by atoms with Crippen LogP contribution in [0.4, 0.5) is 0 Å². The van der Waals surface area contributed by atoms with Crippen molar-refractivity contribution in [1.82, 2.24) is 9.97 Å². The molecule has 1 heterocycles. The Morgan fingerprint density at radius 2 is 2.00 bits per heavy atom. The van der Waals surface area contributed by atoms with E-state index in [1.165, 1.54) is 12.8 Å². The molecule has 0 unspecified atom stereocenters. The van der Waals surface area contributed by atoms with Gasteiger partial charge < -0.3 is 9.72 Å². The van der Waals surface area contributed by atoms with Crippen molar-refractivity contribution in [2.45, 2.75) is 59.0 Å². The summed E-state index contributed by atoms with van der Waals surface area (Å²) in [5.41, 5.74) is 1.91. The predicted molar refractivity (Wildman–Crippen MR) is 79.8 cm³/mol. The third-order valence-electron chi connectivity index (χ3n) is 4.34. The molecule has 0 radical (unpaired) electrons. The number of hydrogen-bond donors (Lipinski definition) is 1. The summed E-state index contributed by atoms with van der Waals surface area (Å²) in [7, 11) is 0. The molecule has 0 saturated heterocycles. The van der Waals surface area contributed by atoms with Gasteiger partial charge in [0.2, 0.25) is 0 Å². The molecule has 1 aromatic rings. The first-order valence-corrected chi connectivity index (χ1v) is 7.61. The van der Waals surface area contributed by atoms with Crippen LogP contribution in [0, 0.1) is 24.4 Å². The number of rotatable bonds is 3. The van der Waals surface area contributed by atoms with Crippen LogP contribution >= 0.6 is 12.2 Å². The number of hydrogen-bond acceptors (Lipinski definition) is 3. The van der Waals surface area contributed by atoms with Crippen LogP contribution in [0.25, 0.3) is 0 Å². The molecule has 3 nitrogen and oxygen atoms in total. The zero-order valence-corrected chi connectivity index (χ0v) is 13.2.